The van der Waals surface area contributed by atoms with Crippen LogP contribution in [0.3, 0.4) is 0 Å². The standard InChI is InChI=1S/C15H23NO3/c1-4-18-13-7-5-6-8-14(13)19-10-12-9-17-11-15(2,3)16-12/h5-8,12,16H,4,9-11H2,1-3H3. The summed E-state index contributed by atoms with van der Waals surface area (Å²) in [5.41, 5.74) is 0.00567. The molecule has 1 aromatic carbocycles. The van der Waals surface area contributed by atoms with Crippen LogP contribution >= 0.6 is 0 Å². The molecule has 0 bridgehead atoms. The lowest BCUT2D eigenvalue weighted by Gasteiger charge is -2.36. The summed E-state index contributed by atoms with van der Waals surface area (Å²) in [7, 11) is 0. The van der Waals surface area contributed by atoms with Crippen LogP contribution in [0, 0.1) is 0 Å². The van der Waals surface area contributed by atoms with Crippen molar-refractivity contribution in [2.24, 2.45) is 0 Å². The summed E-state index contributed by atoms with van der Waals surface area (Å²) >= 11 is 0. The second-order valence-electron chi connectivity index (χ2n) is 5.43. The van der Waals surface area contributed by atoms with Gasteiger partial charge in [0.2, 0.25) is 0 Å². The molecule has 0 spiro atoms. The summed E-state index contributed by atoms with van der Waals surface area (Å²) in [4.78, 5) is 0. The monoisotopic (exact) mass is 265 g/mol. The van der Waals surface area contributed by atoms with Gasteiger partial charge in [-0.15, -0.1) is 0 Å². The van der Waals surface area contributed by atoms with Gasteiger partial charge in [0.25, 0.3) is 0 Å². The van der Waals surface area contributed by atoms with Gasteiger partial charge in [-0.1, -0.05) is 12.1 Å². The SMILES string of the molecule is CCOc1ccccc1OCC1COCC(C)(C)N1. The first-order chi connectivity index (χ1) is 9.11. The fourth-order valence-corrected chi connectivity index (χ4v) is 2.22. The zero-order chi connectivity index (χ0) is 13.7. The molecule has 106 valence electrons. The van der Waals surface area contributed by atoms with Gasteiger partial charge >= 0.3 is 0 Å². The maximum atomic E-state index is 5.86. The van der Waals surface area contributed by atoms with Crippen molar-refractivity contribution in [3.8, 4) is 11.5 Å². The fourth-order valence-electron chi connectivity index (χ4n) is 2.22. The highest BCUT2D eigenvalue weighted by molar-refractivity contribution is 5.39. The molecular weight excluding hydrogens is 242 g/mol. The predicted molar refractivity (Wildman–Crippen MR) is 74.9 cm³/mol. The third-order valence-electron chi connectivity index (χ3n) is 2.97. The van der Waals surface area contributed by atoms with Gasteiger partial charge < -0.3 is 19.5 Å². The molecule has 19 heavy (non-hydrogen) atoms. The summed E-state index contributed by atoms with van der Waals surface area (Å²) in [6.07, 6.45) is 0. The molecule has 1 saturated heterocycles. The summed E-state index contributed by atoms with van der Waals surface area (Å²) in [6, 6.07) is 7.96. The van der Waals surface area contributed by atoms with Crippen molar-refractivity contribution < 1.29 is 14.2 Å². The van der Waals surface area contributed by atoms with E-state index in [0.717, 1.165) is 18.1 Å². The molecule has 0 aliphatic carbocycles. The predicted octanol–water partition coefficient (Wildman–Crippen LogP) is 2.23. The van der Waals surface area contributed by atoms with Gasteiger partial charge in [-0.2, -0.15) is 0 Å². The van der Waals surface area contributed by atoms with E-state index in [1.807, 2.05) is 31.2 Å². The molecule has 1 aliphatic rings. The van der Waals surface area contributed by atoms with E-state index in [9.17, 15) is 0 Å². The third kappa shape index (κ3) is 4.11. The first-order valence-electron chi connectivity index (χ1n) is 6.81. The zero-order valence-electron chi connectivity index (χ0n) is 11.9. The lowest BCUT2D eigenvalue weighted by molar-refractivity contribution is 0.000681. The molecule has 0 amide bonds. The van der Waals surface area contributed by atoms with E-state index >= 15 is 0 Å². The quantitative estimate of drug-likeness (QED) is 0.886. The Labute approximate surface area is 115 Å². The van der Waals surface area contributed by atoms with Crippen molar-refractivity contribution >= 4 is 0 Å². The van der Waals surface area contributed by atoms with Gasteiger partial charge in [0.15, 0.2) is 11.5 Å². The van der Waals surface area contributed by atoms with E-state index in [1.165, 1.54) is 0 Å². The number of para-hydroxylation sites is 2. The Kier molecular flexibility index (Phi) is 4.66. The summed E-state index contributed by atoms with van der Waals surface area (Å²) in [5, 5.41) is 3.52. The Morgan fingerprint density at radius 3 is 2.58 bits per heavy atom. The highest BCUT2D eigenvalue weighted by atomic mass is 16.5. The molecule has 0 radical (unpaired) electrons. The van der Waals surface area contributed by atoms with Gasteiger partial charge in [0, 0.05) is 5.54 Å². The van der Waals surface area contributed by atoms with Crippen molar-refractivity contribution in [2.75, 3.05) is 26.4 Å². The van der Waals surface area contributed by atoms with Crippen LogP contribution in [0.5, 0.6) is 11.5 Å². The first-order valence-corrected chi connectivity index (χ1v) is 6.81. The summed E-state index contributed by atoms with van der Waals surface area (Å²) in [5.74, 6) is 1.58. The van der Waals surface area contributed by atoms with Crippen LogP contribution in [0.15, 0.2) is 24.3 Å². The number of nitrogens with one attached hydrogen (secondary N) is 1. The second kappa shape index (κ2) is 6.26. The van der Waals surface area contributed by atoms with Gasteiger partial charge in [-0.05, 0) is 32.9 Å². The Morgan fingerprint density at radius 2 is 1.95 bits per heavy atom. The van der Waals surface area contributed by atoms with Crippen LogP contribution in [0.25, 0.3) is 0 Å². The minimum atomic E-state index is 0.00567. The number of benzene rings is 1. The number of ether oxygens (including phenoxy) is 3. The minimum Gasteiger partial charge on any atom is -0.490 e. The molecule has 1 fully saturated rings. The summed E-state index contributed by atoms with van der Waals surface area (Å²) in [6.45, 7) is 8.86. The highest BCUT2D eigenvalue weighted by Gasteiger charge is 2.28. The van der Waals surface area contributed by atoms with Gasteiger partial charge in [0.05, 0.1) is 25.9 Å². The van der Waals surface area contributed by atoms with Crippen LogP contribution < -0.4 is 14.8 Å². The molecule has 1 N–H and O–H groups in total. The highest BCUT2D eigenvalue weighted by Crippen LogP contribution is 2.26. The normalized spacial score (nSPS) is 21.9. The molecular formula is C15H23NO3. The average Bonchev–Trinajstić information content (AvgIpc) is 2.37. The van der Waals surface area contributed by atoms with Crippen molar-refractivity contribution in [3.05, 3.63) is 24.3 Å². The molecule has 1 aliphatic heterocycles. The molecule has 0 saturated carbocycles. The number of hydrogen-bond donors (Lipinski definition) is 1. The minimum absolute atomic E-state index is 0.00567. The van der Waals surface area contributed by atoms with Gasteiger partial charge in [-0.25, -0.2) is 0 Å². The van der Waals surface area contributed by atoms with Crippen LogP contribution in [0.2, 0.25) is 0 Å². The van der Waals surface area contributed by atoms with Crippen molar-refractivity contribution in [3.63, 3.8) is 0 Å². The number of morpholine rings is 1. The smallest absolute Gasteiger partial charge is 0.161 e. The lowest BCUT2D eigenvalue weighted by Crippen LogP contribution is -2.57. The van der Waals surface area contributed by atoms with E-state index in [4.69, 9.17) is 14.2 Å². The van der Waals surface area contributed by atoms with Crippen LogP contribution in [0.4, 0.5) is 0 Å². The van der Waals surface area contributed by atoms with Crippen molar-refractivity contribution in [2.45, 2.75) is 32.4 Å². The Balaban J connectivity index is 1.91. The molecule has 1 aromatic rings. The molecule has 4 nitrogen and oxygen atoms in total. The molecule has 1 unspecified atom stereocenters. The molecule has 1 heterocycles. The largest absolute Gasteiger partial charge is 0.490 e. The van der Waals surface area contributed by atoms with Crippen LogP contribution in [-0.2, 0) is 4.74 Å². The Bertz CT molecular complexity index is 406. The maximum Gasteiger partial charge on any atom is 0.161 e. The van der Waals surface area contributed by atoms with E-state index in [-0.39, 0.29) is 11.6 Å². The van der Waals surface area contributed by atoms with E-state index in [2.05, 4.69) is 19.2 Å². The van der Waals surface area contributed by atoms with Crippen molar-refractivity contribution in [1.82, 2.24) is 5.32 Å². The fraction of sp³-hybridized carbons (Fsp3) is 0.600. The van der Waals surface area contributed by atoms with Crippen LogP contribution in [-0.4, -0.2) is 38.0 Å². The Morgan fingerprint density at radius 1 is 1.26 bits per heavy atom. The van der Waals surface area contributed by atoms with Gasteiger partial charge in [-0.3, -0.25) is 0 Å². The van der Waals surface area contributed by atoms with E-state index in [0.29, 0.717) is 19.8 Å². The Hall–Kier alpha value is -1.26. The van der Waals surface area contributed by atoms with E-state index < -0.39 is 0 Å². The van der Waals surface area contributed by atoms with Gasteiger partial charge in [0.1, 0.15) is 6.61 Å². The number of rotatable bonds is 5. The van der Waals surface area contributed by atoms with E-state index in [1.54, 1.807) is 0 Å². The molecule has 0 aromatic heterocycles. The lowest BCUT2D eigenvalue weighted by atomic mass is 10.0. The zero-order valence-corrected chi connectivity index (χ0v) is 11.9. The molecule has 4 heteroatoms. The third-order valence-corrected chi connectivity index (χ3v) is 2.97. The van der Waals surface area contributed by atoms with Crippen LogP contribution in [0.1, 0.15) is 20.8 Å². The molecule has 2 rings (SSSR count). The topological polar surface area (TPSA) is 39.7 Å². The first kappa shape index (κ1) is 14.2. The molecule has 1 atom stereocenters. The maximum absolute atomic E-state index is 5.86. The van der Waals surface area contributed by atoms with Crippen molar-refractivity contribution in [1.29, 1.82) is 0 Å². The summed E-state index contributed by atoms with van der Waals surface area (Å²) < 4.78 is 17.0. The number of hydrogen-bond acceptors (Lipinski definition) is 4. The second-order valence-corrected chi connectivity index (χ2v) is 5.43. The average molecular weight is 265 g/mol.